The molecule has 162 valence electrons. The lowest BCUT2D eigenvalue weighted by Crippen LogP contribution is -2.64. The number of hydrogen-bond acceptors (Lipinski definition) is 9. The van der Waals surface area contributed by atoms with Crippen molar-refractivity contribution in [1.82, 2.24) is 0 Å². The van der Waals surface area contributed by atoms with Crippen molar-refractivity contribution in [1.29, 1.82) is 0 Å². The van der Waals surface area contributed by atoms with Crippen LogP contribution in [0.25, 0.3) is 0 Å². The molecule has 28 heavy (non-hydrogen) atoms. The molecule has 0 radical (unpaired) electrons. The summed E-state index contributed by atoms with van der Waals surface area (Å²) >= 11 is 0. The van der Waals surface area contributed by atoms with Gasteiger partial charge < -0.3 is 40.1 Å². The maximum absolute atomic E-state index is 11.3. The van der Waals surface area contributed by atoms with E-state index in [1.165, 1.54) is 19.1 Å². The van der Waals surface area contributed by atoms with Gasteiger partial charge in [0.2, 0.25) is 0 Å². The lowest BCUT2D eigenvalue weighted by atomic mass is 9.58. The molecule has 1 aliphatic heterocycles. The molecule has 0 aromatic carbocycles. The highest BCUT2D eigenvalue weighted by atomic mass is 16.7. The van der Waals surface area contributed by atoms with Gasteiger partial charge >= 0.3 is 0 Å². The minimum absolute atomic E-state index is 0.159. The number of allylic oxidation sites excluding steroid dienone is 1. The van der Waals surface area contributed by atoms with Crippen LogP contribution in [0.15, 0.2) is 12.2 Å². The molecule has 0 amide bonds. The molecule has 9 atom stereocenters. The summed E-state index contributed by atoms with van der Waals surface area (Å²) in [5, 5.41) is 61.1. The Hall–Kier alpha value is -0.910. The molecule has 6 N–H and O–H groups in total. The van der Waals surface area contributed by atoms with Gasteiger partial charge in [0, 0.05) is 11.3 Å². The Morgan fingerprint density at radius 3 is 2.29 bits per heavy atom. The first-order chi connectivity index (χ1) is 12.9. The van der Waals surface area contributed by atoms with E-state index in [2.05, 4.69) is 0 Å². The normalized spacial score (nSPS) is 46.6. The van der Waals surface area contributed by atoms with Gasteiger partial charge in [-0.05, 0) is 25.5 Å². The Balaban J connectivity index is 2.21. The minimum atomic E-state index is -1.59. The van der Waals surface area contributed by atoms with Gasteiger partial charge in [-0.1, -0.05) is 20.8 Å². The van der Waals surface area contributed by atoms with Gasteiger partial charge in [0.25, 0.3) is 0 Å². The number of ketones is 1. The fourth-order valence-corrected chi connectivity index (χ4v) is 4.09. The van der Waals surface area contributed by atoms with Gasteiger partial charge in [-0.15, -0.1) is 0 Å². The van der Waals surface area contributed by atoms with Crippen molar-refractivity contribution >= 4 is 5.78 Å². The zero-order valence-corrected chi connectivity index (χ0v) is 16.6. The van der Waals surface area contributed by atoms with E-state index in [0.29, 0.717) is 0 Å². The van der Waals surface area contributed by atoms with E-state index in [1.54, 1.807) is 20.8 Å². The third-order valence-electron chi connectivity index (χ3n) is 6.11. The number of carbonyl (C=O) groups excluding carboxylic acids is 1. The van der Waals surface area contributed by atoms with Crippen molar-refractivity contribution in [3.8, 4) is 0 Å². The smallest absolute Gasteiger partial charge is 0.187 e. The van der Waals surface area contributed by atoms with Crippen molar-refractivity contribution in [3.63, 3.8) is 0 Å². The van der Waals surface area contributed by atoms with Crippen LogP contribution in [0.4, 0.5) is 0 Å². The lowest BCUT2D eigenvalue weighted by Gasteiger charge is -2.54. The maximum Gasteiger partial charge on any atom is 0.187 e. The second-order valence-corrected chi connectivity index (χ2v) is 8.51. The highest BCUT2D eigenvalue weighted by Gasteiger charge is 2.56. The highest BCUT2D eigenvalue weighted by Crippen LogP contribution is 2.49. The van der Waals surface area contributed by atoms with Crippen LogP contribution in [-0.2, 0) is 14.3 Å². The molecule has 0 spiro atoms. The zero-order valence-electron chi connectivity index (χ0n) is 16.6. The number of hydrogen-bond donors (Lipinski definition) is 6. The minimum Gasteiger partial charge on any atom is -0.394 e. The van der Waals surface area contributed by atoms with Crippen LogP contribution in [0, 0.1) is 11.3 Å². The molecule has 1 saturated carbocycles. The Kier molecular flexibility index (Phi) is 7.05. The Labute approximate surface area is 164 Å². The summed E-state index contributed by atoms with van der Waals surface area (Å²) in [6.45, 7) is 5.93. The molecular weight excluding hydrogens is 372 g/mol. The summed E-state index contributed by atoms with van der Waals surface area (Å²) < 4.78 is 11.1. The zero-order chi connectivity index (χ0) is 21.4. The van der Waals surface area contributed by atoms with Crippen LogP contribution >= 0.6 is 0 Å². The summed E-state index contributed by atoms with van der Waals surface area (Å²) in [5.74, 6) is -0.952. The average Bonchev–Trinajstić information content (AvgIpc) is 2.63. The molecule has 2 fully saturated rings. The number of rotatable bonds is 5. The van der Waals surface area contributed by atoms with Gasteiger partial charge in [-0.25, -0.2) is 0 Å². The lowest BCUT2D eigenvalue weighted by molar-refractivity contribution is -0.329. The second kappa shape index (κ2) is 8.45. The Morgan fingerprint density at radius 2 is 1.75 bits per heavy atom. The largest absolute Gasteiger partial charge is 0.394 e. The molecular formula is C19H32O9. The second-order valence-electron chi connectivity index (χ2n) is 8.51. The van der Waals surface area contributed by atoms with E-state index in [9.17, 15) is 35.4 Å². The third kappa shape index (κ3) is 4.17. The van der Waals surface area contributed by atoms with Crippen LogP contribution in [0.5, 0.6) is 0 Å². The third-order valence-corrected chi connectivity index (χ3v) is 6.11. The molecule has 1 aliphatic carbocycles. The van der Waals surface area contributed by atoms with E-state index in [1.807, 2.05) is 0 Å². The molecule has 0 unspecified atom stereocenters. The summed E-state index contributed by atoms with van der Waals surface area (Å²) in [6, 6.07) is 0. The first-order valence-electron chi connectivity index (χ1n) is 9.42. The molecule has 9 heteroatoms. The molecule has 2 aliphatic rings. The molecule has 0 aromatic heterocycles. The summed E-state index contributed by atoms with van der Waals surface area (Å²) in [6.07, 6.45) is -6.38. The summed E-state index contributed by atoms with van der Waals surface area (Å²) in [7, 11) is 0. The van der Waals surface area contributed by atoms with E-state index < -0.39 is 66.5 Å². The highest BCUT2D eigenvalue weighted by molar-refractivity contribution is 5.87. The van der Waals surface area contributed by atoms with Crippen LogP contribution in [0.3, 0.4) is 0 Å². The van der Waals surface area contributed by atoms with Crippen molar-refractivity contribution in [2.45, 2.75) is 82.6 Å². The topological polar surface area (TPSA) is 157 Å². The van der Waals surface area contributed by atoms with Crippen LogP contribution < -0.4 is 0 Å². The van der Waals surface area contributed by atoms with Crippen molar-refractivity contribution in [2.24, 2.45) is 11.3 Å². The maximum atomic E-state index is 11.3. The number of aliphatic hydroxyl groups is 6. The predicted molar refractivity (Wildman–Crippen MR) is 97.0 cm³/mol. The predicted octanol–water partition coefficient (Wildman–Crippen LogP) is -1.53. The number of ether oxygens (including phenoxy) is 2. The first kappa shape index (κ1) is 23.4. The summed E-state index contributed by atoms with van der Waals surface area (Å²) in [5.41, 5.74) is -2.29. The van der Waals surface area contributed by atoms with Gasteiger partial charge in [0.05, 0.1) is 24.4 Å². The van der Waals surface area contributed by atoms with Gasteiger partial charge in [0.15, 0.2) is 12.1 Å². The van der Waals surface area contributed by atoms with Crippen molar-refractivity contribution in [2.75, 3.05) is 6.61 Å². The van der Waals surface area contributed by atoms with Crippen molar-refractivity contribution in [3.05, 3.63) is 12.2 Å². The molecule has 0 bridgehead atoms. The van der Waals surface area contributed by atoms with Gasteiger partial charge in [0.1, 0.15) is 24.4 Å². The van der Waals surface area contributed by atoms with E-state index in [4.69, 9.17) is 9.47 Å². The molecule has 1 heterocycles. The average molecular weight is 404 g/mol. The van der Waals surface area contributed by atoms with Crippen LogP contribution in [0.1, 0.15) is 34.1 Å². The summed E-state index contributed by atoms with van der Waals surface area (Å²) in [4.78, 5) is 11.3. The fraction of sp³-hybridized carbons (Fsp3) is 0.842. The Morgan fingerprint density at radius 1 is 1.14 bits per heavy atom. The molecule has 1 saturated heterocycles. The number of carbonyl (C=O) groups is 1. The van der Waals surface area contributed by atoms with E-state index in [-0.39, 0.29) is 12.2 Å². The first-order valence-corrected chi connectivity index (χ1v) is 9.42. The Bertz CT molecular complexity index is 590. The van der Waals surface area contributed by atoms with Crippen molar-refractivity contribution < 1.29 is 44.9 Å². The van der Waals surface area contributed by atoms with Gasteiger partial charge in [-0.3, -0.25) is 4.79 Å². The van der Waals surface area contributed by atoms with E-state index >= 15 is 0 Å². The standard InChI is InChI=1S/C19H32O9/c1-9(21)5-6-19(26)10(2)13(22)11(7-18(19,3)4)27-17-16(25)15(24)14(23)12(8-20)28-17/h5-6,10-17,20,22-26H,7-8H2,1-4H3/b6-5+/t10-,11+,12+,13+,14+,15-,16+,17+,19-/m0/s1. The van der Waals surface area contributed by atoms with Crippen LogP contribution in [0.2, 0.25) is 0 Å². The number of aliphatic hydroxyl groups excluding tert-OH is 5. The molecule has 0 aromatic rings. The quantitative estimate of drug-likeness (QED) is 0.299. The van der Waals surface area contributed by atoms with Crippen LogP contribution in [-0.4, -0.2) is 91.5 Å². The fourth-order valence-electron chi connectivity index (χ4n) is 4.09. The monoisotopic (exact) mass is 404 g/mol. The van der Waals surface area contributed by atoms with Gasteiger partial charge in [-0.2, -0.15) is 0 Å². The molecule has 9 nitrogen and oxygen atoms in total. The SMILES string of the molecule is CC(=O)/C=C/[C@]1(O)[C@@H](C)[C@@H](O)[C@H](O[C@@H]2O[C@H](CO)[C@@H](O)[C@H](O)[C@H]2O)CC1(C)C. The van der Waals surface area contributed by atoms with E-state index in [0.717, 1.165) is 0 Å². The molecule has 2 rings (SSSR count).